The van der Waals surface area contributed by atoms with Crippen LogP contribution in [0.2, 0.25) is 0 Å². The molecule has 2 nitrogen and oxygen atoms in total. The second-order valence-electron chi connectivity index (χ2n) is 3.97. The Hall–Kier alpha value is -2.13. The van der Waals surface area contributed by atoms with Gasteiger partial charge >= 0.3 is 12.4 Å². The molecule has 10 heteroatoms. The number of alkyl halides is 8. The summed E-state index contributed by atoms with van der Waals surface area (Å²) in [6.07, 6.45) is -14.3. The molecular weight excluding hydrogens is 328 g/mol. The number of rotatable bonds is 3. The molecule has 0 spiro atoms. The minimum atomic E-state index is -5.34. The van der Waals surface area contributed by atoms with E-state index in [0.717, 1.165) is 0 Å². The van der Waals surface area contributed by atoms with Gasteiger partial charge in [0.1, 0.15) is 0 Å². The van der Waals surface area contributed by atoms with Crippen LogP contribution >= 0.6 is 0 Å². The average molecular weight is 333 g/mol. The second-order valence-corrected chi connectivity index (χ2v) is 3.97. The lowest BCUT2D eigenvalue weighted by Gasteiger charge is -2.20. The molecule has 22 heavy (non-hydrogen) atoms. The number of hydrogen-bond acceptors (Lipinski definition) is 2. The maximum atomic E-state index is 12.7. The Kier molecular flexibility index (Phi) is 4.83. The van der Waals surface area contributed by atoms with E-state index in [-0.39, 0.29) is 24.3 Å². The zero-order valence-electron chi connectivity index (χ0n) is 10.2. The van der Waals surface area contributed by atoms with Crippen molar-refractivity contribution in [2.75, 3.05) is 0 Å². The van der Waals surface area contributed by atoms with Crippen LogP contribution in [0.4, 0.5) is 35.1 Å². The smallest absolute Gasteiger partial charge is 0.416 e. The van der Waals surface area contributed by atoms with Crippen molar-refractivity contribution in [3.05, 3.63) is 41.0 Å². The second kappa shape index (κ2) is 5.93. The molecule has 0 atom stereocenters. The van der Waals surface area contributed by atoms with Crippen molar-refractivity contribution in [1.82, 2.24) is 0 Å². The van der Waals surface area contributed by atoms with Crippen molar-refractivity contribution in [3.8, 4) is 0 Å². The minimum absolute atomic E-state index is 0.184. The van der Waals surface area contributed by atoms with Crippen LogP contribution in [0.1, 0.15) is 16.7 Å². The van der Waals surface area contributed by atoms with E-state index in [1.165, 1.54) is 0 Å². The van der Waals surface area contributed by atoms with Crippen molar-refractivity contribution < 1.29 is 45.0 Å². The maximum Gasteiger partial charge on any atom is 0.416 e. The topological polar surface area (TPSA) is 40.1 Å². The van der Waals surface area contributed by atoms with Gasteiger partial charge in [-0.1, -0.05) is 11.8 Å². The molecule has 0 aromatic heterocycles. The van der Waals surface area contributed by atoms with Gasteiger partial charge in [-0.05, 0) is 23.8 Å². The highest BCUT2D eigenvalue weighted by atomic mass is 19.4. The van der Waals surface area contributed by atoms with Gasteiger partial charge in [-0.25, -0.2) is 8.78 Å². The lowest BCUT2D eigenvalue weighted by Crippen LogP contribution is -2.17. The number of allylic oxidation sites excluding steroid dienone is 1. The van der Waals surface area contributed by atoms with Crippen molar-refractivity contribution in [3.63, 3.8) is 0 Å². The largest absolute Gasteiger partial charge is 0.872 e. The molecule has 0 aliphatic heterocycles. The van der Waals surface area contributed by atoms with Gasteiger partial charge in [0.2, 0.25) is 5.78 Å². The molecule has 1 aromatic rings. The molecule has 0 N–H and O–H groups in total. The molecule has 0 aliphatic carbocycles. The van der Waals surface area contributed by atoms with E-state index < -0.39 is 47.0 Å². The van der Waals surface area contributed by atoms with Crippen molar-refractivity contribution >= 4 is 11.5 Å². The normalized spacial score (nSPS) is 13.6. The predicted octanol–water partition coefficient (Wildman–Crippen LogP) is 3.26. The molecule has 0 saturated heterocycles. The third kappa shape index (κ3) is 4.18. The van der Waals surface area contributed by atoms with Gasteiger partial charge in [-0.3, -0.25) is 4.79 Å². The molecule has 1 rings (SSSR count). The van der Waals surface area contributed by atoms with Crippen molar-refractivity contribution in [2.24, 2.45) is 0 Å². The summed E-state index contributed by atoms with van der Waals surface area (Å²) < 4.78 is 99.2. The van der Waals surface area contributed by atoms with E-state index in [1.54, 1.807) is 0 Å². The fourth-order valence-electron chi connectivity index (χ4n) is 1.44. The van der Waals surface area contributed by atoms with Gasteiger partial charge in [-0.15, -0.1) is 0 Å². The Morgan fingerprint density at radius 3 is 2.00 bits per heavy atom. The summed E-state index contributed by atoms with van der Waals surface area (Å²) in [5, 5.41) is 11.4. The van der Waals surface area contributed by atoms with Gasteiger partial charge in [0.25, 0.3) is 6.43 Å². The van der Waals surface area contributed by atoms with Gasteiger partial charge in [0.15, 0.2) is 0 Å². The van der Waals surface area contributed by atoms with Gasteiger partial charge in [-0.2, -0.15) is 26.3 Å². The first-order chi connectivity index (χ1) is 9.84. The SMILES string of the molecule is O=C(/C=C(\[O-])c1ccc(C(F)(F)F)cc1C(F)(F)F)C(F)F. The first-order valence-corrected chi connectivity index (χ1v) is 5.33. The van der Waals surface area contributed by atoms with Crippen LogP contribution in [0.5, 0.6) is 0 Å². The average Bonchev–Trinajstić information content (AvgIpc) is 2.35. The number of carbonyl (C=O) groups excluding carboxylic acids is 1. The van der Waals surface area contributed by atoms with E-state index in [2.05, 4.69) is 0 Å². The molecule has 0 radical (unpaired) electrons. The van der Waals surface area contributed by atoms with Crippen LogP contribution in [0.25, 0.3) is 5.76 Å². The zero-order chi connectivity index (χ0) is 17.3. The Morgan fingerprint density at radius 1 is 1.05 bits per heavy atom. The van der Waals surface area contributed by atoms with E-state index in [0.29, 0.717) is 0 Å². The summed E-state index contributed by atoms with van der Waals surface area (Å²) in [7, 11) is 0. The van der Waals surface area contributed by atoms with Crippen molar-refractivity contribution in [1.29, 1.82) is 0 Å². The van der Waals surface area contributed by atoms with Crippen LogP contribution in [0.3, 0.4) is 0 Å². The number of carbonyl (C=O) groups is 1. The summed E-state index contributed by atoms with van der Waals surface area (Å²) >= 11 is 0. The summed E-state index contributed by atoms with van der Waals surface area (Å²) in [5.41, 5.74) is -4.96. The van der Waals surface area contributed by atoms with E-state index in [9.17, 15) is 45.0 Å². The van der Waals surface area contributed by atoms with Crippen LogP contribution in [-0.4, -0.2) is 12.2 Å². The summed E-state index contributed by atoms with van der Waals surface area (Å²) in [5.74, 6) is -3.80. The van der Waals surface area contributed by atoms with Gasteiger partial charge < -0.3 is 5.11 Å². The summed E-state index contributed by atoms with van der Waals surface area (Å²) in [6, 6.07) is 0.0420. The molecule has 0 heterocycles. The zero-order valence-corrected chi connectivity index (χ0v) is 10.2. The minimum Gasteiger partial charge on any atom is -0.872 e. The van der Waals surface area contributed by atoms with Gasteiger partial charge in [0, 0.05) is 0 Å². The first-order valence-electron chi connectivity index (χ1n) is 5.33. The molecule has 1 aromatic carbocycles. The molecule has 0 saturated carbocycles. The molecule has 0 unspecified atom stereocenters. The van der Waals surface area contributed by atoms with Crippen LogP contribution < -0.4 is 5.11 Å². The first kappa shape index (κ1) is 17.9. The van der Waals surface area contributed by atoms with Gasteiger partial charge in [0.05, 0.1) is 11.1 Å². The van der Waals surface area contributed by atoms with Crippen LogP contribution in [0.15, 0.2) is 24.3 Å². The standard InChI is InChI=1S/C12H6F8O2/c13-10(14)9(22)4-8(21)6-2-1-5(11(15,16)17)3-7(6)12(18,19)20/h1-4,10,21H/p-1/b8-4-. The molecule has 0 fully saturated rings. The molecular formula is C12H5F8O2-. The van der Waals surface area contributed by atoms with E-state index in [4.69, 9.17) is 0 Å². The lowest BCUT2D eigenvalue weighted by molar-refractivity contribution is -0.244. The summed E-state index contributed by atoms with van der Waals surface area (Å²) in [4.78, 5) is 10.6. The molecule has 0 bridgehead atoms. The Bertz CT molecular complexity index is 598. The Labute approximate surface area is 117 Å². The quantitative estimate of drug-likeness (QED) is 0.484. The summed E-state index contributed by atoms with van der Waals surface area (Å²) in [6.45, 7) is 0. The number of hydrogen-bond donors (Lipinski definition) is 0. The Balaban J connectivity index is 3.46. The third-order valence-electron chi connectivity index (χ3n) is 2.41. The third-order valence-corrected chi connectivity index (χ3v) is 2.41. The fourth-order valence-corrected chi connectivity index (χ4v) is 1.44. The molecule has 122 valence electrons. The monoisotopic (exact) mass is 333 g/mol. The fraction of sp³-hybridized carbons (Fsp3) is 0.250. The number of ketones is 1. The highest BCUT2D eigenvalue weighted by Crippen LogP contribution is 2.38. The predicted molar refractivity (Wildman–Crippen MR) is 55.4 cm³/mol. The highest BCUT2D eigenvalue weighted by molar-refractivity contribution is 5.97. The van der Waals surface area contributed by atoms with Crippen LogP contribution in [0, 0.1) is 0 Å². The number of halogens is 8. The Morgan fingerprint density at radius 2 is 1.59 bits per heavy atom. The number of benzene rings is 1. The maximum absolute atomic E-state index is 12.7. The molecule has 0 amide bonds. The van der Waals surface area contributed by atoms with Crippen LogP contribution in [-0.2, 0) is 17.1 Å². The lowest BCUT2D eigenvalue weighted by atomic mass is 10.0. The van der Waals surface area contributed by atoms with E-state index in [1.807, 2.05) is 0 Å². The highest BCUT2D eigenvalue weighted by Gasteiger charge is 2.38. The van der Waals surface area contributed by atoms with Crippen molar-refractivity contribution in [2.45, 2.75) is 18.8 Å². The van der Waals surface area contributed by atoms with E-state index >= 15 is 0 Å². The molecule has 0 aliphatic rings.